The lowest BCUT2D eigenvalue weighted by Gasteiger charge is -2.19. The monoisotopic (exact) mass is 278 g/mol. The van der Waals surface area contributed by atoms with Crippen molar-refractivity contribution in [3.05, 3.63) is 65.2 Å². The third-order valence-electron chi connectivity index (χ3n) is 3.81. The van der Waals surface area contributed by atoms with Crippen LogP contribution in [0.4, 0.5) is 5.69 Å². The first-order valence-electron chi connectivity index (χ1n) is 7.27. The van der Waals surface area contributed by atoms with E-state index in [0.717, 1.165) is 11.3 Å². The minimum atomic E-state index is -0.444. The largest absolute Gasteiger partial charge is 0.379 e. The molecule has 108 valence electrons. The summed E-state index contributed by atoms with van der Waals surface area (Å²) in [7, 11) is 0. The van der Waals surface area contributed by atoms with E-state index in [-0.39, 0.29) is 6.04 Å². The van der Waals surface area contributed by atoms with Gasteiger partial charge >= 0.3 is 0 Å². The van der Waals surface area contributed by atoms with Crippen LogP contribution in [-0.4, -0.2) is 0 Å². The minimum Gasteiger partial charge on any atom is -0.379 e. The summed E-state index contributed by atoms with van der Waals surface area (Å²) >= 11 is 0. The van der Waals surface area contributed by atoms with E-state index in [2.05, 4.69) is 49.5 Å². The predicted molar refractivity (Wildman–Crippen MR) is 88.3 cm³/mol. The Labute approximate surface area is 127 Å². The van der Waals surface area contributed by atoms with E-state index in [0.29, 0.717) is 0 Å². The summed E-state index contributed by atoms with van der Waals surface area (Å²) in [6.45, 7) is 8.13. The van der Waals surface area contributed by atoms with Crippen LogP contribution in [0, 0.1) is 18.3 Å². The number of hydrogen-bond acceptors (Lipinski definition) is 2. The minimum absolute atomic E-state index is 0.250. The molecule has 2 aromatic carbocycles. The highest BCUT2D eigenvalue weighted by molar-refractivity contribution is 5.48. The van der Waals surface area contributed by atoms with Crippen molar-refractivity contribution in [1.29, 1.82) is 5.26 Å². The van der Waals surface area contributed by atoms with E-state index in [1.807, 2.05) is 38.1 Å². The summed E-state index contributed by atoms with van der Waals surface area (Å²) in [6, 6.07) is 19.2. The summed E-state index contributed by atoms with van der Waals surface area (Å²) in [5.74, 6) is 0. The summed E-state index contributed by atoms with van der Waals surface area (Å²) < 4.78 is 0. The van der Waals surface area contributed by atoms with Gasteiger partial charge in [0.2, 0.25) is 0 Å². The van der Waals surface area contributed by atoms with Crippen LogP contribution in [0.15, 0.2) is 48.5 Å². The molecule has 0 aromatic heterocycles. The molecule has 0 amide bonds. The second-order valence-corrected chi connectivity index (χ2v) is 6.09. The average molecular weight is 278 g/mol. The molecule has 1 N–H and O–H groups in total. The molecule has 0 fully saturated rings. The maximum Gasteiger partial charge on any atom is 0.0766 e. The highest BCUT2D eigenvalue weighted by Crippen LogP contribution is 2.25. The van der Waals surface area contributed by atoms with Gasteiger partial charge in [0.15, 0.2) is 0 Å². The smallest absolute Gasteiger partial charge is 0.0766 e. The molecule has 0 aliphatic heterocycles. The van der Waals surface area contributed by atoms with Crippen molar-refractivity contribution in [2.75, 3.05) is 5.32 Å². The Bertz CT molecular complexity index is 648. The Morgan fingerprint density at radius 1 is 1.10 bits per heavy atom. The van der Waals surface area contributed by atoms with Gasteiger partial charge in [0, 0.05) is 11.7 Å². The van der Waals surface area contributed by atoms with Crippen LogP contribution < -0.4 is 5.32 Å². The highest BCUT2D eigenvalue weighted by atomic mass is 14.9. The number of anilines is 1. The van der Waals surface area contributed by atoms with Crippen molar-refractivity contribution >= 4 is 5.69 Å². The van der Waals surface area contributed by atoms with Crippen LogP contribution in [0.1, 0.15) is 43.5 Å². The van der Waals surface area contributed by atoms with Gasteiger partial charge < -0.3 is 5.32 Å². The number of nitriles is 1. The lowest BCUT2D eigenvalue weighted by Crippen LogP contribution is -2.14. The van der Waals surface area contributed by atoms with Crippen LogP contribution in [0.2, 0.25) is 0 Å². The van der Waals surface area contributed by atoms with E-state index in [1.54, 1.807) is 0 Å². The lowest BCUT2D eigenvalue weighted by atomic mass is 9.86. The summed E-state index contributed by atoms with van der Waals surface area (Å²) in [6.07, 6.45) is 0. The third-order valence-corrected chi connectivity index (χ3v) is 3.81. The first-order valence-corrected chi connectivity index (χ1v) is 7.27. The number of nitrogens with zero attached hydrogens (tertiary/aromatic N) is 1. The molecular weight excluding hydrogens is 256 g/mol. The van der Waals surface area contributed by atoms with Gasteiger partial charge in [0.05, 0.1) is 11.5 Å². The van der Waals surface area contributed by atoms with Crippen LogP contribution in [0.5, 0.6) is 0 Å². The fraction of sp³-hybridized carbons (Fsp3) is 0.316. The summed E-state index contributed by atoms with van der Waals surface area (Å²) in [5.41, 5.74) is 4.21. The fourth-order valence-corrected chi connectivity index (χ4v) is 2.32. The summed E-state index contributed by atoms with van der Waals surface area (Å²) in [4.78, 5) is 0. The Morgan fingerprint density at radius 3 is 2.33 bits per heavy atom. The molecule has 21 heavy (non-hydrogen) atoms. The van der Waals surface area contributed by atoms with Crippen LogP contribution in [0.3, 0.4) is 0 Å². The Hall–Kier alpha value is -2.27. The molecule has 0 spiro atoms. The first-order chi connectivity index (χ1) is 9.92. The Balaban J connectivity index is 2.12. The predicted octanol–water partition coefficient (Wildman–Crippen LogP) is 4.97. The van der Waals surface area contributed by atoms with Crippen LogP contribution in [-0.2, 0) is 5.41 Å². The van der Waals surface area contributed by atoms with Gasteiger partial charge in [-0.2, -0.15) is 5.26 Å². The molecule has 0 heterocycles. The average Bonchev–Trinajstić information content (AvgIpc) is 2.48. The van der Waals surface area contributed by atoms with Crippen LogP contribution in [0.25, 0.3) is 0 Å². The quantitative estimate of drug-likeness (QED) is 0.857. The molecule has 0 saturated carbocycles. The fourth-order valence-electron chi connectivity index (χ4n) is 2.32. The molecule has 1 unspecified atom stereocenters. The summed E-state index contributed by atoms with van der Waals surface area (Å²) in [5, 5.41) is 12.7. The molecule has 0 radical (unpaired) electrons. The van der Waals surface area contributed by atoms with Gasteiger partial charge in [-0.05, 0) is 51.0 Å². The van der Waals surface area contributed by atoms with E-state index in [4.69, 9.17) is 0 Å². The van der Waals surface area contributed by atoms with E-state index < -0.39 is 5.41 Å². The zero-order chi connectivity index (χ0) is 15.5. The SMILES string of the molecule is Cc1cccc(C(C)Nc2ccc(C(C)(C)C#N)cc2)c1. The van der Waals surface area contributed by atoms with Gasteiger partial charge in [-0.1, -0.05) is 42.0 Å². The number of rotatable bonds is 4. The molecule has 2 aromatic rings. The molecule has 0 saturated heterocycles. The molecule has 2 nitrogen and oxygen atoms in total. The first kappa shape index (κ1) is 15.1. The Morgan fingerprint density at radius 2 is 1.76 bits per heavy atom. The number of nitrogens with one attached hydrogen (secondary N) is 1. The molecule has 1 atom stereocenters. The molecular formula is C19H22N2. The standard InChI is InChI=1S/C19H22N2/c1-14-6-5-7-16(12-14)15(2)21-18-10-8-17(9-11-18)19(3,4)13-20/h5-12,15,21H,1-4H3. The maximum absolute atomic E-state index is 9.17. The van der Waals surface area contributed by atoms with Crippen molar-refractivity contribution in [2.24, 2.45) is 0 Å². The van der Waals surface area contributed by atoms with Crippen molar-refractivity contribution in [3.63, 3.8) is 0 Å². The van der Waals surface area contributed by atoms with Gasteiger partial charge in [-0.25, -0.2) is 0 Å². The van der Waals surface area contributed by atoms with Gasteiger partial charge in [-0.3, -0.25) is 0 Å². The van der Waals surface area contributed by atoms with E-state index in [9.17, 15) is 5.26 Å². The third kappa shape index (κ3) is 3.64. The van der Waals surface area contributed by atoms with Crippen molar-refractivity contribution < 1.29 is 0 Å². The second kappa shape index (κ2) is 6.01. The second-order valence-electron chi connectivity index (χ2n) is 6.09. The van der Waals surface area contributed by atoms with Gasteiger partial charge in [0.1, 0.15) is 0 Å². The molecule has 0 aliphatic rings. The molecule has 2 rings (SSSR count). The normalized spacial score (nSPS) is 12.5. The number of hydrogen-bond donors (Lipinski definition) is 1. The molecule has 0 aliphatic carbocycles. The topological polar surface area (TPSA) is 35.8 Å². The number of benzene rings is 2. The van der Waals surface area contributed by atoms with E-state index in [1.165, 1.54) is 11.1 Å². The highest BCUT2D eigenvalue weighted by Gasteiger charge is 2.19. The Kier molecular flexibility index (Phi) is 4.33. The van der Waals surface area contributed by atoms with Crippen LogP contribution >= 0.6 is 0 Å². The lowest BCUT2D eigenvalue weighted by molar-refractivity contribution is 0.687. The van der Waals surface area contributed by atoms with Crippen molar-refractivity contribution in [1.82, 2.24) is 0 Å². The van der Waals surface area contributed by atoms with Gasteiger partial charge in [0.25, 0.3) is 0 Å². The molecule has 2 heteroatoms. The van der Waals surface area contributed by atoms with Crippen molar-refractivity contribution in [2.45, 2.75) is 39.2 Å². The van der Waals surface area contributed by atoms with Gasteiger partial charge in [-0.15, -0.1) is 0 Å². The zero-order valence-electron chi connectivity index (χ0n) is 13.1. The van der Waals surface area contributed by atoms with Crippen molar-refractivity contribution in [3.8, 4) is 6.07 Å². The number of aryl methyl sites for hydroxylation is 1. The maximum atomic E-state index is 9.17. The van der Waals surface area contributed by atoms with E-state index >= 15 is 0 Å². The molecule has 0 bridgehead atoms. The zero-order valence-corrected chi connectivity index (χ0v) is 13.1.